The van der Waals surface area contributed by atoms with E-state index in [0.717, 1.165) is 13.0 Å². The molecule has 2 rings (SSSR count). The van der Waals surface area contributed by atoms with E-state index in [1.807, 2.05) is 0 Å². The van der Waals surface area contributed by atoms with E-state index in [9.17, 15) is 0 Å². The molecule has 0 aliphatic carbocycles. The van der Waals surface area contributed by atoms with Crippen LogP contribution in [0.1, 0.15) is 34.8 Å². The van der Waals surface area contributed by atoms with Crippen LogP contribution in [-0.2, 0) is 9.47 Å². The molecular formula is C13H18O2. The quantitative estimate of drug-likeness (QED) is 0.703. The van der Waals surface area contributed by atoms with E-state index in [4.69, 9.17) is 9.47 Å². The lowest BCUT2D eigenvalue weighted by Gasteiger charge is -2.26. The Hall–Kier alpha value is -0.860. The van der Waals surface area contributed by atoms with Crippen molar-refractivity contribution in [2.45, 2.75) is 33.3 Å². The van der Waals surface area contributed by atoms with Crippen molar-refractivity contribution < 1.29 is 9.47 Å². The predicted octanol–water partition coefficient (Wildman–Crippen LogP) is 3.05. The van der Waals surface area contributed by atoms with Gasteiger partial charge in [-0.3, -0.25) is 0 Å². The SMILES string of the molecule is Cc1cc(C)c(C2CCOCO2)c(C)c1. The maximum atomic E-state index is 5.64. The van der Waals surface area contributed by atoms with Crippen LogP contribution in [0, 0.1) is 20.8 Å². The van der Waals surface area contributed by atoms with Crippen molar-refractivity contribution >= 4 is 0 Å². The largest absolute Gasteiger partial charge is 0.355 e. The molecule has 1 unspecified atom stereocenters. The molecule has 2 nitrogen and oxygen atoms in total. The Kier molecular flexibility index (Phi) is 3.08. The number of benzene rings is 1. The molecule has 1 aromatic carbocycles. The van der Waals surface area contributed by atoms with Crippen molar-refractivity contribution in [2.24, 2.45) is 0 Å². The van der Waals surface area contributed by atoms with E-state index >= 15 is 0 Å². The second-order valence-electron chi connectivity index (χ2n) is 4.28. The minimum atomic E-state index is 0.222. The average molecular weight is 206 g/mol. The molecule has 1 heterocycles. The van der Waals surface area contributed by atoms with Crippen molar-refractivity contribution in [3.8, 4) is 0 Å². The summed E-state index contributed by atoms with van der Waals surface area (Å²) in [5, 5.41) is 0. The third-order valence-electron chi connectivity index (χ3n) is 2.94. The first-order valence-electron chi connectivity index (χ1n) is 5.45. The normalized spacial score (nSPS) is 21.7. The van der Waals surface area contributed by atoms with E-state index in [2.05, 4.69) is 32.9 Å². The van der Waals surface area contributed by atoms with Crippen LogP contribution in [0.2, 0.25) is 0 Å². The maximum Gasteiger partial charge on any atom is 0.147 e. The molecule has 0 saturated carbocycles. The van der Waals surface area contributed by atoms with Crippen LogP contribution in [0.4, 0.5) is 0 Å². The van der Waals surface area contributed by atoms with Crippen molar-refractivity contribution in [3.05, 3.63) is 34.4 Å². The fraction of sp³-hybridized carbons (Fsp3) is 0.538. The minimum absolute atomic E-state index is 0.222. The molecule has 0 amide bonds. The summed E-state index contributed by atoms with van der Waals surface area (Å²) in [6, 6.07) is 4.45. The van der Waals surface area contributed by atoms with Crippen LogP contribution in [0.25, 0.3) is 0 Å². The number of hydrogen-bond acceptors (Lipinski definition) is 2. The Bertz CT molecular complexity index is 329. The molecule has 0 radical (unpaired) electrons. The first kappa shape index (κ1) is 10.7. The van der Waals surface area contributed by atoms with E-state index < -0.39 is 0 Å². The molecule has 0 N–H and O–H groups in total. The van der Waals surface area contributed by atoms with Crippen LogP contribution in [0.15, 0.2) is 12.1 Å². The van der Waals surface area contributed by atoms with Crippen LogP contribution in [-0.4, -0.2) is 13.4 Å². The summed E-state index contributed by atoms with van der Waals surface area (Å²) in [7, 11) is 0. The fourth-order valence-electron chi connectivity index (χ4n) is 2.39. The van der Waals surface area contributed by atoms with Crippen LogP contribution >= 0.6 is 0 Å². The van der Waals surface area contributed by atoms with Gasteiger partial charge in [0.1, 0.15) is 6.79 Å². The lowest BCUT2D eigenvalue weighted by atomic mass is 9.94. The van der Waals surface area contributed by atoms with E-state index in [-0.39, 0.29) is 6.10 Å². The third-order valence-corrected chi connectivity index (χ3v) is 2.94. The molecule has 1 aliphatic heterocycles. The Morgan fingerprint density at radius 3 is 2.33 bits per heavy atom. The number of hydrogen-bond donors (Lipinski definition) is 0. The third kappa shape index (κ3) is 2.21. The average Bonchev–Trinajstić information content (AvgIpc) is 2.17. The predicted molar refractivity (Wildman–Crippen MR) is 59.9 cm³/mol. The minimum Gasteiger partial charge on any atom is -0.355 e. The van der Waals surface area contributed by atoms with Gasteiger partial charge in [0.2, 0.25) is 0 Å². The standard InChI is InChI=1S/C13H18O2/c1-9-6-10(2)13(11(3)7-9)12-4-5-14-8-15-12/h6-7,12H,4-5,8H2,1-3H3. The van der Waals surface area contributed by atoms with Gasteiger partial charge in [0.15, 0.2) is 0 Å². The Morgan fingerprint density at radius 1 is 1.13 bits per heavy atom. The molecule has 1 atom stereocenters. The van der Waals surface area contributed by atoms with Crippen molar-refractivity contribution in [1.82, 2.24) is 0 Å². The Morgan fingerprint density at radius 2 is 1.80 bits per heavy atom. The zero-order valence-corrected chi connectivity index (χ0v) is 9.67. The highest BCUT2D eigenvalue weighted by Gasteiger charge is 2.20. The van der Waals surface area contributed by atoms with Gasteiger partial charge < -0.3 is 9.47 Å². The van der Waals surface area contributed by atoms with Crippen LogP contribution < -0.4 is 0 Å². The molecule has 0 spiro atoms. The molecule has 1 fully saturated rings. The first-order valence-corrected chi connectivity index (χ1v) is 5.45. The van der Waals surface area contributed by atoms with Gasteiger partial charge in [-0.15, -0.1) is 0 Å². The van der Waals surface area contributed by atoms with Crippen molar-refractivity contribution in [2.75, 3.05) is 13.4 Å². The van der Waals surface area contributed by atoms with Crippen molar-refractivity contribution in [3.63, 3.8) is 0 Å². The summed E-state index contributed by atoms with van der Waals surface area (Å²) in [5.41, 5.74) is 5.34. The maximum absolute atomic E-state index is 5.64. The van der Waals surface area contributed by atoms with E-state index in [1.54, 1.807) is 0 Å². The lowest BCUT2D eigenvalue weighted by Crippen LogP contribution is -2.18. The van der Waals surface area contributed by atoms with Gasteiger partial charge in [0.25, 0.3) is 0 Å². The van der Waals surface area contributed by atoms with Gasteiger partial charge >= 0.3 is 0 Å². The highest BCUT2D eigenvalue weighted by atomic mass is 16.7. The molecule has 0 bridgehead atoms. The summed E-state index contributed by atoms with van der Waals surface area (Å²) in [4.78, 5) is 0. The summed E-state index contributed by atoms with van der Waals surface area (Å²) in [6.07, 6.45) is 1.18. The van der Waals surface area contributed by atoms with Gasteiger partial charge in [-0.05, 0) is 37.5 Å². The van der Waals surface area contributed by atoms with Gasteiger partial charge in [-0.1, -0.05) is 17.7 Å². The molecule has 2 heteroatoms. The van der Waals surface area contributed by atoms with E-state index in [0.29, 0.717) is 6.79 Å². The van der Waals surface area contributed by atoms with Gasteiger partial charge in [0.05, 0.1) is 12.7 Å². The Labute approximate surface area is 91.2 Å². The monoisotopic (exact) mass is 206 g/mol. The molecule has 1 aromatic rings. The van der Waals surface area contributed by atoms with E-state index in [1.165, 1.54) is 22.3 Å². The second kappa shape index (κ2) is 4.33. The second-order valence-corrected chi connectivity index (χ2v) is 4.28. The molecule has 15 heavy (non-hydrogen) atoms. The number of ether oxygens (including phenoxy) is 2. The Balaban J connectivity index is 2.33. The fourth-order valence-corrected chi connectivity index (χ4v) is 2.39. The lowest BCUT2D eigenvalue weighted by molar-refractivity contribution is -0.141. The highest BCUT2D eigenvalue weighted by molar-refractivity contribution is 5.39. The molecule has 1 aliphatic rings. The smallest absolute Gasteiger partial charge is 0.147 e. The van der Waals surface area contributed by atoms with Gasteiger partial charge in [-0.25, -0.2) is 0 Å². The topological polar surface area (TPSA) is 18.5 Å². The summed E-state index contributed by atoms with van der Waals surface area (Å²) in [5.74, 6) is 0. The molecule has 82 valence electrons. The summed E-state index contributed by atoms with van der Waals surface area (Å²) < 4.78 is 10.8. The van der Waals surface area contributed by atoms with Crippen molar-refractivity contribution in [1.29, 1.82) is 0 Å². The van der Waals surface area contributed by atoms with Gasteiger partial charge in [-0.2, -0.15) is 0 Å². The van der Waals surface area contributed by atoms with Gasteiger partial charge in [0, 0.05) is 6.42 Å². The number of rotatable bonds is 1. The zero-order valence-electron chi connectivity index (χ0n) is 9.67. The first-order chi connectivity index (χ1) is 7.18. The molecular weight excluding hydrogens is 188 g/mol. The zero-order chi connectivity index (χ0) is 10.8. The highest BCUT2D eigenvalue weighted by Crippen LogP contribution is 2.30. The summed E-state index contributed by atoms with van der Waals surface area (Å²) in [6.45, 7) is 7.69. The van der Waals surface area contributed by atoms with Crippen LogP contribution in [0.3, 0.4) is 0 Å². The van der Waals surface area contributed by atoms with Crippen LogP contribution in [0.5, 0.6) is 0 Å². The summed E-state index contributed by atoms with van der Waals surface area (Å²) >= 11 is 0. The number of aryl methyl sites for hydroxylation is 3. The molecule has 1 saturated heterocycles. The molecule has 0 aromatic heterocycles.